The minimum atomic E-state index is -1.04. The summed E-state index contributed by atoms with van der Waals surface area (Å²) in [6, 6.07) is 1.33. The number of pyridine rings is 1. The largest absolute Gasteiger partial charge is 0.478 e. The molecule has 0 unspecified atom stereocenters. The lowest BCUT2D eigenvalue weighted by atomic mass is 10.2. The van der Waals surface area contributed by atoms with Gasteiger partial charge in [0.15, 0.2) is 0 Å². The highest BCUT2D eigenvalue weighted by Gasteiger charge is 2.11. The lowest BCUT2D eigenvalue weighted by molar-refractivity contribution is 0.0698. The maximum atomic E-state index is 11.0. The second-order valence-electron chi connectivity index (χ2n) is 3.84. The predicted octanol–water partition coefficient (Wildman–Crippen LogP) is 0.708. The van der Waals surface area contributed by atoms with Gasteiger partial charge in [-0.1, -0.05) is 0 Å². The van der Waals surface area contributed by atoms with Crippen LogP contribution in [0.2, 0.25) is 0 Å². The molecule has 0 bridgehead atoms. The summed E-state index contributed by atoms with van der Waals surface area (Å²) in [5.74, 6) is -0.864. The molecule has 0 amide bonds. The van der Waals surface area contributed by atoms with Crippen molar-refractivity contribution in [1.82, 2.24) is 14.8 Å². The van der Waals surface area contributed by atoms with E-state index in [2.05, 4.69) is 15.4 Å². The molecule has 7 nitrogen and oxygen atoms in total. The van der Waals surface area contributed by atoms with Crippen LogP contribution in [0, 0.1) is 0 Å². The summed E-state index contributed by atoms with van der Waals surface area (Å²) in [6.45, 7) is 0.472. The van der Waals surface area contributed by atoms with Crippen LogP contribution in [0.3, 0.4) is 0 Å². The van der Waals surface area contributed by atoms with E-state index in [9.17, 15) is 4.79 Å². The van der Waals surface area contributed by atoms with Gasteiger partial charge >= 0.3 is 5.97 Å². The van der Waals surface area contributed by atoms with Crippen molar-refractivity contribution in [3.05, 3.63) is 35.8 Å². The molecule has 94 valence electrons. The van der Waals surface area contributed by atoms with E-state index in [1.54, 1.807) is 10.9 Å². The van der Waals surface area contributed by atoms with Crippen LogP contribution in [0.15, 0.2) is 24.7 Å². The molecule has 2 aromatic rings. The number of anilines is 2. The average Bonchev–Trinajstić information content (AvgIpc) is 2.73. The molecule has 4 N–H and O–H groups in total. The third kappa shape index (κ3) is 2.57. The van der Waals surface area contributed by atoms with Gasteiger partial charge in [-0.15, -0.1) is 0 Å². The van der Waals surface area contributed by atoms with E-state index in [0.29, 0.717) is 12.2 Å². The van der Waals surface area contributed by atoms with Crippen molar-refractivity contribution in [2.75, 3.05) is 11.1 Å². The standard InChI is InChI=1S/C11H13N5O2/c1-16-6-7(4-15-16)3-13-9-5-14-10(12)2-8(9)11(17)18/h2,4-6,13H,3H2,1H3,(H2,12,14)(H,17,18). The van der Waals surface area contributed by atoms with Crippen LogP contribution in [0.4, 0.5) is 11.5 Å². The van der Waals surface area contributed by atoms with E-state index in [1.165, 1.54) is 12.3 Å². The Bertz CT molecular complexity index is 579. The number of aromatic nitrogens is 3. The number of nitrogens with one attached hydrogen (secondary N) is 1. The normalized spacial score (nSPS) is 10.3. The minimum absolute atomic E-state index is 0.103. The molecule has 0 fully saturated rings. The molecule has 0 atom stereocenters. The third-order valence-corrected chi connectivity index (χ3v) is 2.40. The maximum Gasteiger partial charge on any atom is 0.337 e. The summed E-state index contributed by atoms with van der Waals surface area (Å²) in [7, 11) is 1.82. The molecule has 2 aromatic heterocycles. The van der Waals surface area contributed by atoms with E-state index < -0.39 is 5.97 Å². The first-order valence-electron chi connectivity index (χ1n) is 5.26. The van der Waals surface area contributed by atoms with Gasteiger partial charge in [-0.3, -0.25) is 4.68 Å². The van der Waals surface area contributed by atoms with Gasteiger partial charge in [0.05, 0.1) is 23.6 Å². The number of aryl methyl sites for hydroxylation is 1. The summed E-state index contributed by atoms with van der Waals surface area (Å²) in [4.78, 5) is 14.9. The van der Waals surface area contributed by atoms with Gasteiger partial charge in [-0.05, 0) is 6.07 Å². The topological polar surface area (TPSA) is 106 Å². The molecule has 0 aliphatic rings. The number of nitrogen functional groups attached to an aromatic ring is 1. The monoisotopic (exact) mass is 247 g/mol. The van der Waals surface area contributed by atoms with E-state index in [1.807, 2.05) is 13.2 Å². The quantitative estimate of drug-likeness (QED) is 0.734. The number of hydrogen-bond donors (Lipinski definition) is 3. The number of nitrogens with two attached hydrogens (primary N) is 1. The number of aromatic carboxylic acids is 1. The molecule has 0 saturated heterocycles. The lowest BCUT2D eigenvalue weighted by Crippen LogP contribution is -2.08. The molecule has 0 aromatic carbocycles. The summed E-state index contributed by atoms with van der Waals surface area (Å²) >= 11 is 0. The van der Waals surface area contributed by atoms with E-state index in [0.717, 1.165) is 5.56 Å². The summed E-state index contributed by atoms with van der Waals surface area (Å²) in [5, 5.41) is 16.1. The summed E-state index contributed by atoms with van der Waals surface area (Å²) < 4.78 is 1.68. The molecular formula is C11H13N5O2. The summed E-state index contributed by atoms with van der Waals surface area (Å²) in [5.41, 5.74) is 6.94. The van der Waals surface area contributed by atoms with Gasteiger partial charge in [0.25, 0.3) is 0 Å². The van der Waals surface area contributed by atoms with E-state index >= 15 is 0 Å². The Morgan fingerprint density at radius 3 is 2.94 bits per heavy atom. The van der Waals surface area contributed by atoms with Crippen LogP contribution in [0.25, 0.3) is 0 Å². The van der Waals surface area contributed by atoms with Gasteiger partial charge in [-0.25, -0.2) is 9.78 Å². The Hall–Kier alpha value is -2.57. The van der Waals surface area contributed by atoms with Crippen LogP contribution in [0.5, 0.6) is 0 Å². The smallest absolute Gasteiger partial charge is 0.337 e. The highest BCUT2D eigenvalue weighted by Crippen LogP contribution is 2.17. The Morgan fingerprint density at radius 1 is 1.56 bits per heavy atom. The lowest BCUT2D eigenvalue weighted by Gasteiger charge is -2.08. The predicted molar refractivity (Wildman–Crippen MR) is 66.1 cm³/mol. The van der Waals surface area contributed by atoms with Crippen molar-refractivity contribution in [1.29, 1.82) is 0 Å². The second-order valence-corrected chi connectivity index (χ2v) is 3.84. The average molecular weight is 247 g/mol. The zero-order valence-corrected chi connectivity index (χ0v) is 9.79. The van der Waals surface area contributed by atoms with Gasteiger partial charge in [0.2, 0.25) is 0 Å². The molecule has 2 heterocycles. The molecule has 18 heavy (non-hydrogen) atoms. The van der Waals surface area contributed by atoms with E-state index in [4.69, 9.17) is 10.8 Å². The SMILES string of the molecule is Cn1cc(CNc2cnc(N)cc2C(=O)O)cn1. The fourth-order valence-corrected chi connectivity index (χ4v) is 1.55. The van der Waals surface area contributed by atoms with Crippen molar-refractivity contribution in [3.8, 4) is 0 Å². The van der Waals surface area contributed by atoms with Crippen LogP contribution >= 0.6 is 0 Å². The number of carboxylic acid groups (broad SMARTS) is 1. The van der Waals surface area contributed by atoms with Crippen molar-refractivity contribution in [2.45, 2.75) is 6.54 Å². The van der Waals surface area contributed by atoms with Crippen LogP contribution in [-0.2, 0) is 13.6 Å². The Balaban J connectivity index is 2.16. The van der Waals surface area contributed by atoms with Crippen molar-refractivity contribution < 1.29 is 9.90 Å². The number of carbonyl (C=O) groups is 1. The number of carboxylic acids is 1. The molecule has 0 radical (unpaired) electrons. The van der Waals surface area contributed by atoms with Crippen LogP contribution in [-0.4, -0.2) is 25.8 Å². The fraction of sp³-hybridized carbons (Fsp3) is 0.182. The fourth-order valence-electron chi connectivity index (χ4n) is 1.55. The molecule has 0 aliphatic carbocycles. The first kappa shape index (κ1) is 11.9. The Kier molecular flexibility index (Phi) is 3.13. The molecule has 0 saturated carbocycles. The molecule has 2 rings (SSSR count). The molecular weight excluding hydrogens is 234 g/mol. The Morgan fingerprint density at radius 2 is 2.33 bits per heavy atom. The van der Waals surface area contributed by atoms with Gasteiger partial charge < -0.3 is 16.2 Å². The van der Waals surface area contributed by atoms with Gasteiger partial charge in [0.1, 0.15) is 5.82 Å². The first-order chi connectivity index (χ1) is 8.56. The van der Waals surface area contributed by atoms with Crippen molar-refractivity contribution in [3.63, 3.8) is 0 Å². The minimum Gasteiger partial charge on any atom is -0.478 e. The highest BCUT2D eigenvalue weighted by atomic mass is 16.4. The second kappa shape index (κ2) is 4.74. The van der Waals surface area contributed by atoms with Gasteiger partial charge in [0, 0.05) is 25.4 Å². The number of nitrogens with zero attached hydrogens (tertiary/aromatic N) is 3. The zero-order valence-electron chi connectivity index (χ0n) is 9.79. The maximum absolute atomic E-state index is 11.0. The van der Waals surface area contributed by atoms with E-state index in [-0.39, 0.29) is 11.4 Å². The third-order valence-electron chi connectivity index (χ3n) is 2.40. The zero-order chi connectivity index (χ0) is 13.1. The van der Waals surface area contributed by atoms with Crippen molar-refractivity contribution in [2.24, 2.45) is 7.05 Å². The number of hydrogen-bond acceptors (Lipinski definition) is 5. The van der Waals surface area contributed by atoms with Crippen LogP contribution in [0.1, 0.15) is 15.9 Å². The van der Waals surface area contributed by atoms with Gasteiger partial charge in [-0.2, -0.15) is 5.10 Å². The molecule has 0 spiro atoms. The highest BCUT2D eigenvalue weighted by molar-refractivity contribution is 5.94. The number of rotatable bonds is 4. The Labute approximate surface area is 103 Å². The van der Waals surface area contributed by atoms with Crippen LogP contribution < -0.4 is 11.1 Å². The van der Waals surface area contributed by atoms with Crippen molar-refractivity contribution >= 4 is 17.5 Å². The first-order valence-corrected chi connectivity index (χ1v) is 5.26. The molecule has 0 aliphatic heterocycles. The summed E-state index contributed by atoms with van der Waals surface area (Å²) in [6.07, 6.45) is 4.96. The molecule has 7 heteroatoms.